The standard InChI is InChI=1S/C13H22N2O3S2/c1-10(2)14-7-12-6-13(9-19-12)20(16,17)15-11-4-3-5-18-8-11/h6,9-11,14-15H,3-5,7-8H2,1-2H3. The van der Waals surface area contributed by atoms with E-state index in [0.717, 1.165) is 24.3 Å². The number of thiophene rings is 1. The molecule has 2 rings (SSSR count). The maximum atomic E-state index is 12.3. The molecule has 1 aromatic rings. The molecule has 0 spiro atoms. The third-order valence-corrected chi connectivity index (χ3v) is 5.69. The van der Waals surface area contributed by atoms with Crippen LogP contribution in [0.4, 0.5) is 0 Å². The van der Waals surface area contributed by atoms with Gasteiger partial charge in [0.25, 0.3) is 0 Å². The zero-order valence-corrected chi connectivity index (χ0v) is 13.5. The fourth-order valence-corrected chi connectivity index (χ4v) is 4.50. The molecular weight excluding hydrogens is 296 g/mol. The van der Waals surface area contributed by atoms with E-state index >= 15 is 0 Å². The molecule has 114 valence electrons. The van der Waals surface area contributed by atoms with Crippen LogP contribution in [-0.4, -0.2) is 33.7 Å². The van der Waals surface area contributed by atoms with Crippen LogP contribution in [0.25, 0.3) is 0 Å². The van der Waals surface area contributed by atoms with Crippen molar-refractivity contribution in [3.8, 4) is 0 Å². The van der Waals surface area contributed by atoms with Gasteiger partial charge in [0.05, 0.1) is 11.5 Å². The Morgan fingerprint density at radius 3 is 2.95 bits per heavy atom. The molecule has 1 saturated heterocycles. The molecule has 0 saturated carbocycles. The number of nitrogens with one attached hydrogen (secondary N) is 2. The van der Waals surface area contributed by atoms with Crippen molar-refractivity contribution < 1.29 is 13.2 Å². The van der Waals surface area contributed by atoms with Crippen molar-refractivity contribution in [3.05, 3.63) is 16.3 Å². The maximum absolute atomic E-state index is 12.3. The van der Waals surface area contributed by atoms with Crippen LogP contribution in [0, 0.1) is 0 Å². The van der Waals surface area contributed by atoms with Crippen molar-refractivity contribution in [2.24, 2.45) is 0 Å². The van der Waals surface area contributed by atoms with Crippen molar-refractivity contribution in [1.29, 1.82) is 0 Å². The van der Waals surface area contributed by atoms with Gasteiger partial charge in [0.1, 0.15) is 0 Å². The molecule has 2 N–H and O–H groups in total. The van der Waals surface area contributed by atoms with E-state index in [9.17, 15) is 8.42 Å². The Morgan fingerprint density at radius 2 is 2.30 bits per heavy atom. The van der Waals surface area contributed by atoms with Gasteiger partial charge in [0.2, 0.25) is 10.0 Å². The highest BCUT2D eigenvalue weighted by Crippen LogP contribution is 2.20. The van der Waals surface area contributed by atoms with Crippen molar-refractivity contribution >= 4 is 21.4 Å². The van der Waals surface area contributed by atoms with Gasteiger partial charge in [-0.05, 0) is 18.9 Å². The highest BCUT2D eigenvalue weighted by molar-refractivity contribution is 7.89. The summed E-state index contributed by atoms with van der Waals surface area (Å²) in [6.45, 7) is 6.02. The summed E-state index contributed by atoms with van der Waals surface area (Å²) in [6.07, 6.45) is 1.74. The van der Waals surface area contributed by atoms with Gasteiger partial charge in [-0.15, -0.1) is 11.3 Å². The highest BCUT2D eigenvalue weighted by atomic mass is 32.2. The van der Waals surface area contributed by atoms with Crippen molar-refractivity contribution in [2.75, 3.05) is 13.2 Å². The number of sulfonamides is 1. The van der Waals surface area contributed by atoms with Crippen LogP contribution in [-0.2, 0) is 21.3 Å². The monoisotopic (exact) mass is 318 g/mol. The first-order chi connectivity index (χ1) is 9.47. The summed E-state index contributed by atoms with van der Waals surface area (Å²) in [6, 6.07) is 2.02. The first kappa shape index (κ1) is 15.9. The summed E-state index contributed by atoms with van der Waals surface area (Å²) in [5, 5.41) is 4.98. The van der Waals surface area contributed by atoms with E-state index in [1.165, 1.54) is 11.3 Å². The van der Waals surface area contributed by atoms with E-state index in [2.05, 4.69) is 23.9 Å². The molecule has 2 heterocycles. The lowest BCUT2D eigenvalue weighted by molar-refractivity contribution is 0.0774. The Kier molecular flexibility index (Phi) is 5.57. The molecule has 20 heavy (non-hydrogen) atoms. The van der Waals surface area contributed by atoms with E-state index in [1.54, 1.807) is 11.4 Å². The molecule has 0 radical (unpaired) electrons. The SMILES string of the molecule is CC(C)NCc1cc(S(=O)(=O)NC2CCCOC2)cs1. The smallest absolute Gasteiger partial charge is 0.241 e. The molecule has 1 fully saturated rings. The maximum Gasteiger partial charge on any atom is 0.241 e. The van der Waals surface area contributed by atoms with Crippen molar-refractivity contribution in [1.82, 2.24) is 10.0 Å². The van der Waals surface area contributed by atoms with Gasteiger partial charge >= 0.3 is 0 Å². The summed E-state index contributed by atoms with van der Waals surface area (Å²) in [5.74, 6) is 0. The minimum Gasteiger partial charge on any atom is -0.380 e. The zero-order valence-electron chi connectivity index (χ0n) is 11.9. The second-order valence-electron chi connectivity index (χ2n) is 5.32. The van der Waals surface area contributed by atoms with Crippen molar-refractivity contribution in [2.45, 2.75) is 50.2 Å². The Balaban J connectivity index is 1.98. The Hall–Kier alpha value is -0.470. The van der Waals surface area contributed by atoms with E-state index in [-0.39, 0.29) is 6.04 Å². The molecule has 1 aliphatic rings. The minimum atomic E-state index is -3.42. The summed E-state index contributed by atoms with van der Waals surface area (Å²) >= 11 is 1.47. The number of rotatable bonds is 6. The minimum absolute atomic E-state index is 0.106. The first-order valence-electron chi connectivity index (χ1n) is 6.88. The quantitative estimate of drug-likeness (QED) is 0.838. The summed E-state index contributed by atoms with van der Waals surface area (Å²) in [5.41, 5.74) is 0. The van der Waals surface area contributed by atoms with Gasteiger partial charge in [-0.1, -0.05) is 13.8 Å². The molecule has 0 amide bonds. The first-order valence-corrected chi connectivity index (χ1v) is 9.24. The van der Waals surface area contributed by atoms with Crippen LogP contribution in [0.5, 0.6) is 0 Å². The second kappa shape index (κ2) is 7.00. The van der Waals surface area contributed by atoms with Gasteiger partial charge in [0.15, 0.2) is 0 Å². The molecule has 0 aliphatic carbocycles. The molecular formula is C13H22N2O3S2. The number of hydrogen-bond donors (Lipinski definition) is 2. The number of hydrogen-bond acceptors (Lipinski definition) is 5. The lowest BCUT2D eigenvalue weighted by Crippen LogP contribution is -2.40. The lowest BCUT2D eigenvalue weighted by Gasteiger charge is -2.22. The largest absolute Gasteiger partial charge is 0.380 e. The van der Waals surface area contributed by atoms with E-state index in [0.29, 0.717) is 24.1 Å². The molecule has 0 aromatic carbocycles. The molecule has 1 unspecified atom stereocenters. The van der Waals surface area contributed by atoms with Crippen LogP contribution in [0.15, 0.2) is 16.3 Å². The van der Waals surface area contributed by atoms with Crippen LogP contribution in [0.1, 0.15) is 31.6 Å². The fraction of sp³-hybridized carbons (Fsp3) is 0.692. The molecule has 0 bridgehead atoms. The fourth-order valence-electron chi connectivity index (χ4n) is 2.02. The van der Waals surface area contributed by atoms with Gasteiger partial charge in [-0.3, -0.25) is 0 Å². The lowest BCUT2D eigenvalue weighted by atomic mass is 10.1. The van der Waals surface area contributed by atoms with Gasteiger partial charge in [-0.25, -0.2) is 13.1 Å². The molecule has 5 nitrogen and oxygen atoms in total. The third kappa shape index (κ3) is 4.53. The number of ether oxygens (including phenoxy) is 1. The summed E-state index contributed by atoms with van der Waals surface area (Å²) < 4.78 is 32.6. The summed E-state index contributed by atoms with van der Waals surface area (Å²) in [4.78, 5) is 1.38. The van der Waals surface area contributed by atoms with Crippen LogP contribution in [0.2, 0.25) is 0 Å². The predicted molar refractivity (Wildman–Crippen MR) is 80.5 cm³/mol. The van der Waals surface area contributed by atoms with Crippen LogP contribution >= 0.6 is 11.3 Å². The average molecular weight is 318 g/mol. The zero-order chi connectivity index (χ0) is 14.6. The summed E-state index contributed by atoms with van der Waals surface area (Å²) in [7, 11) is -3.42. The molecule has 1 atom stereocenters. The average Bonchev–Trinajstić information content (AvgIpc) is 2.86. The third-order valence-electron chi connectivity index (χ3n) is 3.11. The van der Waals surface area contributed by atoms with Crippen LogP contribution < -0.4 is 10.0 Å². The predicted octanol–water partition coefficient (Wildman–Crippen LogP) is 1.70. The Bertz CT molecular complexity index is 519. The Morgan fingerprint density at radius 1 is 1.50 bits per heavy atom. The van der Waals surface area contributed by atoms with Gasteiger partial charge in [-0.2, -0.15) is 0 Å². The normalized spacial score (nSPS) is 20.4. The molecule has 7 heteroatoms. The highest BCUT2D eigenvalue weighted by Gasteiger charge is 2.23. The van der Waals surface area contributed by atoms with E-state index < -0.39 is 10.0 Å². The topological polar surface area (TPSA) is 67.4 Å². The van der Waals surface area contributed by atoms with E-state index in [4.69, 9.17) is 4.74 Å². The Labute approximate surface area is 124 Å². The van der Waals surface area contributed by atoms with E-state index in [1.807, 2.05) is 0 Å². The van der Waals surface area contributed by atoms with Crippen LogP contribution in [0.3, 0.4) is 0 Å². The molecule has 1 aliphatic heterocycles. The van der Waals surface area contributed by atoms with Gasteiger partial charge in [0, 0.05) is 35.5 Å². The second-order valence-corrected chi connectivity index (χ2v) is 8.03. The van der Waals surface area contributed by atoms with Crippen molar-refractivity contribution in [3.63, 3.8) is 0 Å². The molecule has 1 aromatic heterocycles. The van der Waals surface area contributed by atoms with Gasteiger partial charge < -0.3 is 10.1 Å².